The molecule has 3 heterocycles. The summed E-state index contributed by atoms with van der Waals surface area (Å²) in [6.07, 6.45) is 3.83. The Kier molecular flexibility index (Phi) is 3.76. The zero-order chi connectivity index (χ0) is 14.2. The van der Waals surface area contributed by atoms with Gasteiger partial charge in [0.15, 0.2) is 0 Å². The number of sulfonamides is 1. The van der Waals surface area contributed by atoms with Gasteiger partial charge in [-0.25, -0.2) is 8.42 Å². The molecule has 0 aromatic carbocycles. The third-order valence-corrected chi connectivity index (χ3v) is 6.15. The first-order valence-electron chi connectivity index (χ1n) is 7.01. The third kappa shape index (κ3) is 2.35. The summed E-state index contributed by atoms with van der Waals surface area (Å²) >= 11 is 0. The number of hydrogen-bond acceptors (Lipinski definition) is 5. The predicted octanol–water partition coefficient (Wildman–Crippen LogP) is 0.00900. The van der Waals surface area contributed by atoms with Crippen LogP contribution in [0, 0.1) is 0 Å². The molecule has 110 valence electrons. The summed E-state index contributed by atoms with van der Waals surface area (Å²) < 4.78 is 27.1. The molecule has 0 radical (unpaired) electrons. The summed E-state index contributed by atoms with van der Waals surface area (Å²) in [5, 5.41) is 0. The molecule has 7 heteroatoms. The van der Waals surface area contributed by atoms with Crippen molar-refractivity contribution < 1.29 is 8.42 Å². The van der Waals surface area contributed by atoms with E-state index in [1.165, 1.54) is 6.42 Å². The third-order valence-electron chi connectivity index (χ3n) is 4.21. The van der Waals surface area contributed by atoms with Crippen LogP contribution in [0.3, 0.4) is 0 Å². The maximum atomic E-state index is 12.8. The van der Waals surface area contributed by atoms with Gasteiger partial charge in [0, 0.05) is 38.4 Å². The first-order valence-corrected chi connectivity index (χ1v) is 8.45. The number of nitrogens with two attached hydrogens (primary N) is 1. The highest BCUT2D eigenvalue weighted by molar-refractivity contribution is 7.89. The second kappa shape index (κ2) is 5.40. The fourth-order valence-corrected chi connectivity index (χ4v) is 4.78. The van der Waals surface area contributed by atoms with Gasteiger partial charge in [0.25, 0.3) is 0 Å². The van der Waals surface area contributed by atoms with Crippen molar-refractivity contribution in [2.75, 3.05) is 26.2 Å². The van der Waals surface area contributed by atoms with Crippen LogP contribution < -0.4 is 5.73 Å². The van der Waals surface area contributed by atoms with Crippen molar-refractivity contribution >= 4 is 10.0 Å². The Hall–Kier alpha value is -1.02. The number of rotatable bonds is 3. The van der Waals surface area contributed by atoms with E-state index in [9.17, 15) is 8.42 Å². The zero-order valence-electron chi connectivity index (χ0n) is 11.4. The number of piperazine rings is 1. The van der Waals surface area contributed by atoms with Gasteiger partial charge < -0.3 is 5.73 Å². The van der Waals surface area contributed by atoms with Crippen LogP contribution in [0.2, 0.25) is 0 Å². The lowest BCUT2D eigenvalue weighted by Gasteiger charge is -2.36. The van der Waals surface area contributed by atoms with E-state index in [-0.39, 0.29) is 11.4 Å². The second-order valence-corrected chi connectivity index (χ2v) is 7.25. The molecule has 0 saturated carbocycles. The molecule has 0 amide bonds. The van der Waals surface area contributed by atoms with Crippen molar-refractivity contribution in [1.29, 1.82) is 0 Å². The molecule has 20 heavy (non-hydrogen) atoms. The predicted molar refractivity (Wildman–Crippen MR) is 75.5 cm³/mol. The molecular formula is C13H20N4O2S. The van der Waals surface area contributed by atoms with Crippen molar-refractivity contribution in [3.8, 4) is 0 Å². The van der Waals surface area contributed by atoms with E-state index >= 15 is 0 Å². The SMILES string of the molecule is NCc1ncccc1S(=O)(=O)N1CCN2CCCC2C1. The minimum Gasteiger partial charge on any atom is -0.325 e. The highest BCUT2D eigenvalue weighted by Crippen LogP contribution is 2.26. The van der Waals surface area contributed by atoms with Crippen LogP contribution in [0.15, 0.2) is 23.2 Å². The Morgan fingerprint density at radius 2 is 2.20 bits per heavy atom. The average molecular weight is 296 g/mol. The number of hydrogen-bond donors (Lipinski definition) is 1. The molecule has 3 rings (SSSR count). The molecule has 0 aliphatic carbocycles. The Morgan fingerprint density at radius 3 is 3.00 bits per heavy atom. The lowest BCUT2D eigenvalue weighted by atomic mass is 10.2. The fourth-order valence-electron chi connectivity index (χ4n) is 3.13. The molecule has 0 bridgehead atoms. The molecule has 1 aromatic rings. The van der Waals surface area contributed by atoms with Gasteiger partial charge in [0.2, 0.25) is 10.0 Å². The zero-order valence-corrected chi connectivity index (χ0v) is 12.2. The van der Waals surface area contributed by atoms with Gasteiger partial charge >= 0.3 is 0 Å². The highest BCUT2D eigenvalue weighted by Gasteiger charge is 2.36. The Balaban J connectivity index is 1.88. The lowest BCUT2D eigenvalue weighted by Crippen LogP contribution is -2.52. The minimum absolute atomic E-state index is 0.138. The summed E-state index contributed by atoms with van der Waals surface area (Å²) in [6.45, 7) is 3.19. The van der Waals surface area contributed by atoms with E-state index in [2.05, 4.69) is 9.88 Å². The standard InChI is InChI=1S/C13H20N4O2S/c14-9-12-13(4-1-5-15-12)20(18,19)17-8-7-16-6-2-3-11(16)10-17/h1,4-5,11H,2-3,6-10,14H2. The van der Waals surface area contributed by atoms with Gasteiger partial charge in [-0.05, 0) is 31.5 Å². The smallest absolute Gasteiger partial charge is 0.245 e. The largest absolute Gasteiger partial charge is 0.325 e. The number of fused-ring (bicyclic) bond motifs is 1. The molecule has 1 unspecified atom stereocenters. The lowest BCUT2D eigenvalue weighted by molar-refractivity contribution is 0.158. The van der Waals surface area contributed by atoms with Gasteiger partial charge in [-0.1, -0.05) is 0 Å². The van der Waals surface area contributed by atoms with Crippen LogP contribution in [0.25, 0.3) is 0 Å². The summed E-state index contributed by atoms with van der Waals surface area (Å²) in [5.41, 5.74) is 6.05. The molecular weight excluding hydrogens is 276 g/mol. The highest BCUT2D eigenvalue weighted by atomic mass is 32.2. The maximum absolute atomic E-state index is 12.8. The maximum Gasteiger partial charge on any atom is 0.245 e. The van der Waals surface area contributed by atoms with E-state index in [1.54, 1.807) is 22.6 Å². The second-order valence-electron chi connectivity index (χ2n) is 5.35. The number of aromatic nitrogens is 1. The molecule has 2 aliphatic rings. The van der Waals surface area contributed by atoms with E-state index in [1.807, 2.05) is 0 Å². The topological polar surface area (TPSA) is 79.5 Å². The van der Waals surface area contributed by atoms with E-state index in [4.69, 9.17) is 5.73 Å². The summed E-state index contributed by atoms with van der Waals surface area (Å²) in [6, 6.07) is 3.63. The molecule has 2 aliphatic heterocycles. The molecule has 6 nitrogen and oxygen atoms in total. The molecule has 1 atom stereocenters. The summed E-state index contributed by atoms with van der Waals surface area (Å²) in [4.78, 5) is 6.73. The number of nitrogens with zero attached hydrogens (tertiary/aromatic N) is 3. The van der Waals surface area contributed by atoms with Crippen LogP contribution in [-0.4, -0.2) is 54.8 Å². The normalized spacial score (nSPS) is 24.8. The van der Waals surface area contributed by atoms with E-state index in [0.717, 1.165) is 19.5 Å². The monoisotopic (exact) mass is 296 g/mol. The summed E-state index contributed by atoms with van der Waals surface area (Å²) in [5.74, 6) is 0. The Labute approximate surface area is 119 Å². The minimum atomic E-state index is -3.48. The van der Waals surface area contributed by atoms with Crippen molar-refractivity contribution in [3.63, 3.8) is 0 Å². The molecule has 2 fully saturated rings. The van der Waals surface area contributed by atoms with Gasteiger partial charge in [-0.2, -0.15) is 4.31 Å². The fraction of sp³-hybridized carbons (Fsp3) is 0.615. The first kappa shape index (κ1) is 13.9. The van der Waals surface area contributed by atoms with Crippen molar-refractivity contribution in [3.05, 3.63) is 24.0 Å². The van der Waals surface area contributed by atoms with Crippen molar-refractivity contribution in [2.45, 2.75) is 30.3 Å². The molecule has 1 aromatic heterocycles. The van der Waals surface area contributed by atoms with Crippen LogP contribution in [0.5, 0.6) is 0 Å². The van der Waals surface area contributed by atoms with Crippen molar-refractivity contribution in [1.82, 2.24) is 14.2 Å². The van der Waals surface area contributed by atoms with Gasteiger partial charge in [0.1, 0.15) is 4.90 Å². The first-order chi connectivity index (χ1) is 9.63. The van der Waals surface area contributed by atoms with Crippen LogP contribution >= 0.6 is 0 Å². The van der Waals surface area contributed by atoms with Crippen molar-refractivity contribution in [2.24, 2.45) is 5.73 Å². The number of pyridine rings is 1. The van der Waals surface area contributed by atoms with Gasteiger partial charge in [0.05, 0.1) is 5.69 Å². The molecule has 2 saturated heterocycles. The Morgan fingerprint density at radius 1 is 1.35 bits per heavy atom. The quantitative estimate of drug-likeness (QED) is 0.850. The van der Waals surface area contributed by atoms with Gasteiger partial charge in [-0.3, -0.25) is 9.88 Å². The van der Waals surface area contributed by atoms with E-state index in [0.29, 0.717) is 24.8 Å². The van der Waals surface area contributed by atoms with Crippen LogP contribution in [0.4, 0.5) is 0 Å². The molecule has 0 spiro atoms. The van der Waals surface area contributed by atoms with Crippen LogP contribution in [0.1, 0.15) is 18.5 Å². The molecule has 2 N–H and O–H groups in total. The average Bonchev–Trinajstić information content (AvgIpc) is 2.94. The van der Waals surface area contributed by atoms with E-state index < -0.39 is 10.0 Å². The van der Waals surface area contributed by atoms with Crippen LogP contribution in [-0.2, 0) is 16.6 Å². The van der Waals surface area contributed by atoms with Gasteiger partial charge in [-0.15, -0.1) is 0 Å². The Bertz CT molecular complexity index is 590. The summed E-state index contributed by atoms with van der Waals surface area (Å²) in [7, 11) is -3.48.